The van der Waals surface area contributed by atoms with Gasteiger partial charge in [0.05, 0.1) is 5.56 Å². The molecule has 3 nitrogen and oxygen atoms in total. The van der Waals surface area contributed by atoms with Crippen LogP contribution in [0.2, 0.25) is 0 Å². The summed E-state index contributed by atoms with van der Waals surface area (Å²) in [5.41, 5.74) is 0.923. The quantitative estimate of drug-likeness (QED) is 0.558. The number of aryl methyl sites for hydroxylation is 1. The first-order chi connectivity index (χ1) is 7.65. The number of carboxylic acids is 1. The molecule has 0 aromatic heterocycles. The van der Waals surface area contributed by atoms with Crippen molar-refractivity contribution >= 4 is 5.97 Å². The van der Waals surface area contributed by atoms with Crippen LogP contribution in [0.1, 0.15) is 48.5 Å². The zero-order valence-electron chi connectivity index (χ0n) is 10.5. The standard InChI is InChI=1S/C13H18O3.K/c1-2-3-4-5-6-10-9-11(14)7-8-12(10)13(15)16;/h7-9,14H,2-6H2,1H3,(H,15,16);/q;+1/p-1. The van der Waals surface area contributed by atoms with Gasteiger partial charge in [0.2, 0.25) is 0 Å². The van der Waals surface area contributed by atoms with Crippen LogP contribution in [-0.4, -0.2) is 11.1 Å². The fraction of sp³-hybridized carbons (Fsp3) is 0.462. The van der Waals surface area contributed by atoms with Crippen LogP contribution in [0.5, 0.6) is 5.75 Å². The summed E-state index contributed by atoms with van der Waals surface area (Å²) in [7, 11) is 0. The van der Waals surface area contributed by atoms with Gasteiger partial charge in [0.1, 0.15) is 0 Å². The van der Waals surface area contributed by atoms with E-state index in [0.29, 0.717) is 12.0 Å². The van der Waals surface area contributed by atoms with Gasteiger partial charge in [0.15, 0.2) is 0 Å². The van der Waals surface area contributed by atoms with E-state index in [0.717, 1.165) is 25.7 Å². The summed E-state index contributed by atoms with van der Waals surface area (Å²) in [4.78, 5) is 10.9. The van der Waals surface area contributed by atoms with Gasteiger partial charge in [0, 0.05) is 0 Å². The van der Waals surface area contributed by atoms with Gasteiger partial charge >= 0.3 is 57.4 Å². The monoisotopic (exact) mass is 260 g/mol. The molecule has 0 heterocycles. The maximum Gasteiger partial charge on any atom is 1.00 e. The smallest absolute Gasteiger partial charge is 0.872 e. The Morgan fingerprint density at radius 1 is 1.29 bits per heavy atom. The third-order valence-electron chi connectivity index (χ3n) is 2.61. The Labute approximate surface area is 145 Å². The van der Waals surface area contributed by atoms with Crippen molar-refractivity contribution in [3.63, 3.8) is 0 Å². The van der Waals surface area contributed by atoms with E-state index in [1.54, 1.807) is 0 Å². The minimum atomic E-state index is -0.953. The molecule has 0 bridgehead atoms. The van der Waals surface area contributed by atoms with Crippen LogP contribution in [0.4, 0.5) is 0 Å². The molecule has 88 valence electrons. The molecule has 1 N–H and O–H groups in total. The molecular weight excluding hydrogens is 243 g/mol. The predicted octanol–water partition coefficient (Wildman–Crippen LogP) is -0.415. The van der Waals surface area contributed by atoms with Gasteiger partial charge in [-0.25, -0.2) is 4.79 Å². The molecule has 0 saturated heterocycles. The molecule has 0 fully saturated rings. The summed E-state index contributed by atoms with van der Waals surface area (Å²) in [5.74, 6) is -1.07. The Balaban J connectivity index is 0.00000256. The largest absolute Gasteiger partial charge is 1.00 e. The average molecular weight is 260 g/mol. The van der Waals surface area contributed by atoms with E-state index in [-0.39, 0.29) is 62.7 Å². The minimum absolute atomic E-state index is 0. The molecule has 0 radical (unpaired) electrons. The van der Waals surface area contributed by atoms with Crippen LogP contribution in [0.15, 0.2) is 18.2 Å². The molecular formula is C13H17KO3. The summed E-state index contributed by atoms with van der Waals surface area (Å²) in [5, 5.41) is 20.1. The first-order valence-electron chi connectivity index (χ1n) is 5.68. The van der Waals surface area contributed by atoms with Crippen LogP contribution in [0.3, 0.4) is 0 Å². The van der Waals surface area contributed by atoms with E-state index < -0.39 is 5.97 Å². The second-order valence-electron chi connectivity index (χ2n) is 3.93. The molecule has 0 amide bonds. The third kappa shape index (κ3) is 6.02. The Morgan fingerprint density at radius 2 is 2.00 bits per heavy atom. The zero-order chi connectivity index (χ0) is 12.0. The third-order valence-corrected chi connectivity index (χ3v) is 2.61. The van der Waals surface area contributed by atoms with Gasteiger partial charge in [-0.1, -0.05) is 38.3 Å². The van der Waals surface area contributed by atoms with E-state index in [1.807, 2.05) is 0 Å². The summed E-state index contributed by atoms with van der Waals surface area (Å²) in [6.07, 6.45) is 5.00. The number of hydrogen-bond acceptors (Lipinski definition) is 2. The van der Waals surface area contributed by atoms with Crippen molar-refractivity contribution < 1.29 is 66.4 Å². The van der Waals surface area contributed by atoms with E-state index in [4.69, 9.17) is 5.11 Å². The number of benzene rings is 1. The van der Waals surface area contributed by atoms with E-state index >= 15 is 0 Å². The number of carbonyl (C=O) groups is 1. The van der Waals surface area contributed by atoms with Gasteiger partial charge in [-0.3, -0.25) is 0 Å². The number of aromatic carboxylic acids is 1. The van der Waals surface area contributed by atoms with Crippen molar-refractivity contribution in [2.24, 2.45) is 0 Å². The van der Waals surface area contributed by atoms with Crippen LogP contribution < -0.4 is 56.5 Å². The Morgan fingerprint density at radius 3 is 2.59 bits per heavy atom. The SMILES string of the molecule is CCCCCCc1cc([O-])ccc1C(=O)O.[K+]. The van der Waals surface area contributed by atoms with Gasteiger partial charge in [-0.15, -0.1) is 5.75 Å². The summed E-state index contributed by atoms with van der Waals surface area (Å²) < 4.78 is 0. The van der Waals surface area contributed by atoms with Gasteiger partial charge < -0.3 is 10.2 Å². The predicted molar refractivity (Wildman–Crippen MR) is 60.7 cm³/mol. The Kier molecular flexibility index (Phi) is 9.18. The molecule has 4 heteroatoms. The molecule has 0 spiro atoms. The number of hydrogen-bond donors (Lipinski definition) is 1. The van der Waals surface area contributed by atoms with Crippen molar-refractivity contribution in [3.8, 4) is 5.75 Å². The topological polar surface area (TPSA) is 60.4 Å². The fourth-order valence-electron chi connectivity index (χ4n) is 1.73. The maximum absolute atomic E-state index is 11.2. The van der Waals surface area contributed by atoms with Gasteiger partial charge in [-0.2, -0.15) is 0 Å². The molecule has 0 aliphatic carbocycles. The van der Waals surface area contributed by atoms with Crippen molar-refractivity contribution in [2.75, 3.05) is 0 Å². The van der Waals surface area contributed by atoms with Crippen LogP contribution in [0.25, 0.3) is 0 Å². The van der Waals surface area contributed by atoms with Gasteiger partial charge in [-0.05, 0) is 24.5 Å². The van der Waals surface area contributed by atoms with Crippen LogP contribution in [-0.2, 0) is 6.42 Å². The fourth-order valence-corrected chi connectivity index (χ4v) is 1.73. The van der Waals surface area contributed by atoms with Gasteiger partial charge in [0.25, 0.3) is 0 Å². The van der Waals surface area contributed by atoms with Crippen molar-refractivity contribution in [3.05, 3.63) is 29.3 Å². The molecule has 0 aliphatic heterocycles. The van der Waals surface area contributed by atoms with Crippen LogP contribution >= 0.6 is 0 Å². The normalized spacial score (nSPS) is 9.71. The molecule has 0 saturated carbocycles. The number of rotatable bonds is 6. The number of unbranched alkanes of at least 4 members (excludes halogenated alkanes) is 3. The van der Waals surface area contributed by atoms with Crippen LogP contribution in [0, 0.1) is 0 Å². The van der Waals surface area contributed by atoms with E-state index in [1.165, 1.54) is 18.2 Å². The van der Waals surface area contributed by atoms with Crippen molar-refractivity contribution in [1.29, 1.82) is 0 Å². The van der Waals surface area contributed by atoms with E-state index in [2.05, 4.69) is 6.92 Å². The second-order valence-corrected chi connectivity index (χ2v) is 3.93. The average Bonchev–Trinajstić information content (AvgIpc) is 2.24. The summed E-state index contributed by atoms with van der Waals surface area (Å²) in [6.45, 7) is 2.13. The number of carboxylic acid groups (broad SMARTS) is 1. The molecule has 1 aromatic carbocycles. The first-order valence-corrected chi connectivity index (χ1v) is 5.68. The van der Waals surface area contributed by atoms with Crippen molar-refractivity contribution in [2.45, 2.75) is 39.0 Å². The maximum atomic E-state index is 11.2. The van der Waals surface area contributed by atoms with E-state index in [9.17, 15) is 9.90 Å². The molecule has 0 unspecified atom stereocenters. The molecule has 0 atom stereocenters. The first kappa shape index (κ1) is 17.1. The molecule has 1 aromatic rings. The Hall–Kier alpha value is 0.126. The summed E-state index contributed by atoms with van der Waals surface area (Å²) >= 11 is 0. The van der Waals surface area contributed by atoms with Crippen molar-refractivity contribution in [1.82, 2.24) is 0 Å². The molecule has 0 aliphatic rings. The zero-order valence-corrected chi connectivity index (χ0v) is 13.7. The molecule has 17 heavy (non-hydrogen) atoms. The minimum Gasteiger partial charge on any atom is -0.872 e. The second kappa shape index (κ2) is 9.11. The Bertz CT molecular complexity index is 364. The summed E-state index contributed by atoms with van der Waals surface area (Å²) in [6, 6.07) is 4.15. The molecule has 1 rings (SSSR count).